The van der Waals surface area contributed by atoms with E-state index in [1.165, 1.54) is 11.1 Å². The highest BCUT2D eigenvalue weighted by Gasteiger charge is 2.29. The Morgan fingerprint density at radius 3 is 2.62 bits per heavy atom. The average molecular weight is 350 g/mol. The van der Waals surface area contributed by atoms with Gasteiger partial charge in [0, 0.05) is 12.2 Å². The van der Waals surface area contributed by atoms with Crippen LogP contribution >= 0.6 is 0 Å². The van der Waals surface area contributed by atoms with Crippen LogP contribution in [0.3, 0.4) is 0 Å². The minimum Gasteiger partial charge on any atom is -0.497 e. The van der Waals surface area contributed by atoms with E-state index in [1.807, 2.05) is 35.1 Å². The first-order valence-corrected chi connectivity index (χ1v) is 8.71. The van der Waals surface area contributed by atoms with E-state index >= 15 is 0 Å². The van der Waals surface area contributed by atoms with Crippen LogP contribution in [0.2, 0.25) is 0 Å². The summed E-state index contributed by atoms with van der Waals surface area (Å²) in [6, 6.07) is 16.4. The molecular formula is C20H22N4O2. The molecule has 1 saturated heterocycles. The molecule has 0 spiro atoms. The Morgan fingerprint density at radius 1 is 1.12 bits per heavy atom. The van der Waals surface area contributed by atoms with Crippen molar-refractivity contribution in [2.45, 2.75) is 19.7 Å². The minimum absolute atomic E-state index is 0.213. The van der Waals surface area contributed by atoms with Crippen molar-refractivity contribution in [3.05, 3.63) is 71.5 Å². The van der Waals surface area contributed by atoms with Crippen LogP contribution in [0.5, 0.6) is 5.75 Å². The third kappa shape index (κ3) is 3.41. The highest BCUT2D eigenvalue weighted by atomic mass is 16.5. The maximum absolute atomic E-state index is 5.92. The number of ether oxygens (including phenoxy) is 2. The third-order valence-electron chi connectivity index (χ3n) is 4.57. The summed E-state index contributed by atoms with van der Waals surface area (Å²) in [5.74, 6) is 0.842. The Hall–Kier alpha value is -2.86. The van der Waals surface area contributed by atoms with Gasteiger partial charge in [-0.15, -0.1) is 5.10 Å². The molecule has 2 aromatic carbocycles. The zero-order valence-electron chi connectivity index (χ0n) is 15.0. The maximum atomic E-state index is 5.92. The molecule has 0 amide bonds. The zero-order valence-corrected chi connectivity index (χ0v) is 15.0. The number of nitrogens with zero attached hydrogens (tertiary/aromatic N) is 4. The normalized spacial score (nSPS) is 16.8. The lowest BCUT2D eigenvalue weighted by Gasteiger charge is -2.23. The topological polar surface area (TPSA) is 52.4 Å². The fraction of sp³-hybridized carbons (Fsp3) is 0.300. The molecule has 3 aromatic rings. The first-order valence-electron chi connectivity index (χ1n) is 8.71. The van der Waals surface area contributed by atoms with E-state index in [1.54, 1.807) is 7.11 Å². The third-order valence-corrected chi connectivity index (χ3v) is 4.57. The molecule has 26 heavy (non-hydrogen) atoms. The molecule has 2 heterocycles. The van der Waals surface area contributed by atoms with Gasteiger partial charge in [0.15, 0.2) is 6.23 Å². The van der Waals surface area contributed by atoms with Crippen molar-refractivity contribution in [1.29, 1.82) is 0 Å². The molecule has 0 bridgehead atoms. The Labute approximate surface area is 153 Å². The highest BCUT2D eigenvalue weighted by Crippen LogP contribution is 2.31. The largest absolute Gasteiger partial charge is 0.497 e. The number of hydrogen-bond acceptors (Lipinski definition) is 5. The summed E-state index contributed by atoms with van der Waals surface area (Å²) in [7, 11) is 1.67. The van der Waals surface area contributed by atoms with Gasteiger partial charge in [-0.3, -0.25) is 0 Å². The number of benzene rings is 2. The monoisotopic (exact) mass is 350 g/mol. The van der Waals surface area contributed by atoms with Crippen LogP contribution in [0.1, 0.15) is 23.0 Å². The van der Waals surface area contributed by atoms with Crippen molar-refractivity contribution in [1.82, 2.24) is 15.0 Å². The first-order chi connectivity index (χ1) is 12.7. The minimum atomic E-state index is -0.213. The number of aryl methyl sites for hydroxylation is 1. The van der Waals surface area contributed by atoms with Crippen molar-refractivity contribution in [2.24, 2.45) is 0 Å². The zero-order chi connectivity index (χ0) is 17.9. The molecule has 1 aliphatic rings. The van der Waals surface area contributed by atoms with E-state index in [2.05, 4.69) is 46.4 Å². The van der Waals surface area contributed by atoms with Crippen LogP contribution in [0, 0.1) is 6.92 Å². The van der Waals surface area contributed by atoms with E-state index in [0.717, 1.165) is 23.7 Å². The van der Waals surface area contributed by atoms with E-state index in [0.29, 0.717) is 13.2 Å². The Balaban J connectivity index is 1.51. The summed E-state index contributed by atoms with van der Waals surface area (Å²) in [6.45, 7) is 4.27. The molecule has 1 fully saturated rings. The van der Waals surface area contributed by atoms with Gasteiger partial charge in [0.2, 0.25) is 0 Å². The molecule has 1 atom stereocenters. The van der Waals surface area contributed by atoms with Crippen molar-refractivity contribution in [2.75, 3.05) is 25.2 Å². The molecule has 1 aromatic heterocycles. The molecular weight excluding hydrogens is 328 g/mol. The van der Waals surface area contributed by atoms with Crippen molar-refractivity contribution in [3.8, 4) is 5.75 Å². The first kappa shape index (κ1) is 16.6. The fourth-order valence-corrected chi connectivity index (χ4v) is 3.14. The van der Waals surface area contributed by atoms with Crippen LogP contribution in [-0.2, 0) is 11.3 Å². The summed E-state index contributed by atoms with van der Waals surface area (Å²) >= 11 is 0. The second kappa shape index (κ2) is 7.17. The summed E-state index contributed by atoms with van der Waals surface area (Å²) < 4.78 is 13.0. The molecule has 6 heteroatoms. The second-order valence-corrected chi connectivity index (χ2v) is 6.44. The summed E-state index contributed by atoms with van der Waals surface area (Å²) in [6.07, 6.45) is 1.75. The van der Waals surface area contributed by atoms with Gasteiger partial charge in [-0.1, -0.05) is 35.0 Å². The van der Waals surface area contributed by atoms with Gasteiger partial charge < -0.3 is 14.4 Å². The van der Waals surface area contributed by atoms with Gasteiger partial charge >= 0.3 is 0 Å². The SMILES string of the molecule is COc1ccc(N2CCOC2c2cn(Cc3ccc(C)cc3)nn2)cc1. The number of rotatable bonds is 5. The highest BCUT2D eigenvalue weighted by molar-refractivity contribution is 5.50. The van der Waals surface area contributed by atoms with Crippen molar-refractivity contribution >= 4 is 5.69 Å². The molecule has 4 rings (SSSR count). The Morgan fingerprint density at radius 2 is 1.88 bits per heavy atom. The quantitative estimate of drug-likeness (QED) is 0.707. The standard InChI is InChI=1S/C20H22N4O2/c1-15-3-5-16(6-4-15)13-23-14-19(21-22-23)20-24(11-12-26-20)17-7-9-18(25-2)10-8-17/h3-10,14,20H,11-13H2,1-2H3. The van der Waals surface area contributed by atoms with Crippen LogP contribution in [-0.4, -0.2) is 35.3 Å². The Kier molecular flexibility index (Phi) is 4.58. The predicted molar refractivity (Wildman–Crippen MR) is 99.3 cm³/mol. The van der Waals surface area contributed by atoms with Crippen LogP contribution in [0.25, 0.3) is 0 Å². The molecule has 0 aliphatic carbocycles. The maximum Gasteiger partial charge on any atom is 0.177 e. The van der Waals surface area contributed by atoms with Gasteiger partial charge in [0.25, 0.3) is 0 Å². The lowest BCUT2D eigenvalue weighted by Crippen LogP contribution is -2.23. The van der Waals surface area contributed by atoms with Crippen LogP contribution < -0.4 is 9.64 Å². The molecule has 134 valence electrons. The van der Waals surface area contributed by atoms with Gasteiger partial charge in [-0.2, -0.15) is 0 Å². The van der Waals surface area contributed by atoms with E-state index < -0.39 is 0 Å². The second-order valence-electron chi connectivity index (χ2n) is 6.44. The van der Waals surface area contributed by atoms with E-state index in [9.17, 15) is 0 Å². The Bertz CT molecular complexity index is 858. The molecule has 1 unspecified atom stereocenters. The fourth-order valence-electron chi connectivity index (χ4n) is 3.14. The summed E-state index contributed by atoms with van der Waals surface area (Å²) in [4.78, 5) is 2.19. The van der Waals surface area contributed by atoms with Crippen LogP contribution in [0.15, 0.2) is 54.7 Å². The van der Waals surface area contributed by atoms with Gasteiger partial charge in [0.1, 0.15) is 11.4 Å². The molecule has 1 aliphatic heterocycles. The van der Waals surface area contributed by atoms with Crippen molar-refractivity contribution in [3.63, 3.8) is 0 Å². The lowest BCUT2D eigenvalue weighted by atomic mass is 10.1. The van der Waals surface area contributed by atoms with Gasteiger partial charge in [0.05, 0.1) is 26.5 Å². The number of hydrogen-bond donors (Lipinski definition) is 0. The van der Waals surface area contributed by atoms with E-state index in [4.69, 9.17) is 9.47 Å². The summed E-state index contributed by atoms with van der Waals surface area (Å²) in [5, 5.41) is 8.62. The molecule has 0 N–H and O–H groups in total. The number of methoxy groups -OCH3 is 1. The molecule has 6 nitrogen and oxygen atoms in total. The lowest BCUT2D eigenvalue weighted by molar-refractivity contribution is 0.110. The average Bonchev–Trinajstić information content (AvgIpc) is 3.33. The number of anilines is 1. The predicted octanol–water partition coefficient (Wildman–Crippen LogP) is 3.18. The molecule has 0 radical (unpaired) electrons. The number of aromatic nitrogens is 3. The molecule has 0 saturated carbocycles. The summed E-state index contributed by atoms with van der Waals surface area (Å²) in [5.41, 5.74) is 4.36. The van der Waals surface area contributed by atoms with Gasteiger partial charge in [-0.05, 0) is 36.8 Å². The van der Waals surface area contributed by atoms with E-state index in [-0.39, 0.29) is 6.23 Å². The van der Waals surface area contributed by atoms with Gasteiger partial charge in [-0.25, -0.2) is 4.68 Å². The smallest absolute Gasteiger partial charge is 0.177 e. The van der Waals surface area contributed by atoms with Crippen LogP contribution in [0.4, 0.5) is 5.69 Å². The van der Waals surface area contributed by atoms with Crippen molar-refractivity contribution < 1.29 is 9.47 Å².